The molecule has 1 aromatic rings. The fraction of sp³-hybridized carbons (Fsp3) is 0.500. The van der Waals surface area contributed by atoms with Crippen LogP contribution in [-0.4, -0.2) is 39.5 Å². The van der Waals surface area contributed by atoms with Crippen LogP contribution in [0.25, 0.3) is 0 Å². The van der Waals surface area contributed by atoms with Crippen LogP contribution in [0.2, 0.25) is 0 Å². The predicted octanol–water partition coefficient (Wildman–Crippen LogP) is 1.79. The van der Waals surface area contributed by atoms with Crippen LogP contribution in [0.15, 0.2) is 21.5 Å². The molecule has 0 heterocycles. The van der Waals surface area contributed by atoms with Crippen LogP contribution in [0, 0.1) is 5.82 Å². The highest BCUT2D eigenvalue weighted by Crippen LogP contribution is 2.26. The molecule has 0 fully saturated rings. The van der Waals surface area contributed by atoms with Crippen LogP contribution in [0.3, 0.4) is 0 Å². The molecule has 1 aromatic carbocycles. The van der Waals surface area contributed by atoms with E-state index in [4.69, 9.17) is 5.73 Å². The number of hydrogen-bond donors (Lipinski definition) is 2. The number of sulfonamides is 1. The zero-order valence-electron chi connectivity index (χ0n) is 11.9. The Bertz CT molecular complexity index is 603. The number of benzene rings is 1. The van der Waals surface area contributed by atoms with E-state index in [1.54, 1.807) is 0 Å². The second-order valence-electron chi connectivity index (χ2n) is 5.34. The standard InChI is InChI=1S/C12H19BrFN3O2S/c1-12(2,17(3)4)7-16-20(18,19)11-6-10(15)9(14)5-8(11)13/h5-6,16H,7,15H2,1-4H3. The monoisotopic (exact) mass is 367 g/mol. The first-order valence-corrected chi connectivity index (χ1v) is 8.16. The van der Waals surface area contributed by atoms with Crippen LogP contribution in [-0.2, 0) is 10.0 Å². The second-order valence-corrected chi connectivity index (χ2v) is 7.93. The first-order valence-electron chi connectivity index (χ1n) is 5.89. The maximum absolute atomic E-state index is 13.3. The Hall–Kier alpha value is -0.700. The molecule has 20 heavy (non-hydrogen) atoms. The lowest BCUT2D eigenvalue weighted by molar-refractivity contribution is 0.199. The summed E-state index contributed by atoms with van der Waals surface area (Å²) < 4.78 is 40.4. The summed E-state index contributed by atoms with van der Waals surface area (Å²) in [6.45, 7) is 4.03. The lowest BCUT2D eigenvalue weighted by atomic mass is 10.1. The number of hydrogen-bond acceptors (Lipinski definition) is 4. The van der Waals surface area contributed by atoms with Gasteiger partial charge in [-0.25, -0.2) is 17.5 Å². The third kappa shape index (κ3) is 3.91. The Kier molecular flexibility index (Phi) is 5.18. The van der Waals surface area contributed by atoms with Crippen molar-refractivity contribution < 1.29 is 12.8 Å². The maximum atomic E-state index is 13.3. The van der Waals surface area contributed by atoms with E-state index in [9.17, 15) is 12.8 Å². The summed E-state index contributed by atoms with van der Waals surface area (Å²) in [5, 5.41) is 0. The van der Waals surface area contributed by atoms with Crippen molar-refractivity contribution in [2.45, 2.75) is 24.3 Å². The van der Waals surface area contributed by atoms with E-state index in [1.807, 2.05) is 32.8 Å². The molecule has 0 amide bonds. The van der Waals surface area contributed by atoms with Crippen molar-refractivity contribution >= 4 is 31.6 Å². The van der Waals surface area contributed by atoms with Gasteiger partial charge in [0.25, 0.3) is 0 Å². The first kappa shape index (κ1) is 17.4. The summed E-state index contributed by atoms with van der Waals surface area (Å²) in [4.78, 5) is 1.83. The Labute approximate surface area is 127 Å². The van der Waals surface area contributed by atoms with Gasteiger partial charge >= 0.3 is 0 Å². The highest BCUT2D eigenvalue weighted by atomic mass is 79.9. The van der Waals surface area contributed by atoms with Gasteiger partial charge in [0.2, 0.25) is 10.0 Å². The van der Waals surface area contributed by atoms with Gasteiger partial charge in [-0.05, 0) is 56.0 Å². The molecule has 1 rings (SSSR count). The quantitative estimate of drug-likeness (QED) is 0.777. The molecule has 0 bridgehead atoms. The summed E-state index contributed by atoms with van der Waals surface area (Å²) in [7, 11) is -0.0447. The van der Waals surface area contributed by atoms with E-state index >= 15 is 0 Å². The lowest BCUT2D eigenvalue weighted by Gasteiger charge is -2.32. The van der Waals surface area contributed by atoms with Gasteiger partial charge in [0.15, 0.2) is 0 Å². The van der Waals surface area contributed by atoms with E-state index in [0.29, 0.717) is 0 Å². The maximum Gasteiger partial charge on any atom is 0.241 e. The number of rotatable bonds is 5. The van der Waals surface area contributed by atoms with Crippen molar-refractivity contribution in [2.24, 2.45) is 0 Å². The average molecular weight is 368 g/mol. The minimum atomic E-state index is -3.77. The summed E-state index contributed by atoms with van der Waals surface area (Å²) in [5.74, 6) is -0.663. The normalized spacial score (nSPS) is 12.9. The predicted molar refractivity (Wildman–Crippen MR) is 81.5 cm³/mol. The number of likely N-dealkylation sites (N-methyl/N-ethyl adjacent to an activating group) is 1. The molecule has 0 aliphatic carbocycles. The molecule has 114 valence electrons. The smallest absolute Gasteiger partial charge is 0.241 e. The molecule has 5 nitrogen and oxygen atoms in total. The van der Waals surface area contributed by atoms with Crippen molar-refractivity contribution in [3.63, 3.8) is 0 Å². The van der Waals surface area contributed by atoms with Crippen LogP contribution in [0.4, 0.5) is 10.1 Å². The van der Waals surface area contributed by atoms with Gasteiger partial charge in [-0.15, -0.1) is 0 Å². The highest BCUT2D eigenvalue weighted by Gasteiger charge is 2.25. The Morgan fingerprint density at radius 1 is 1.40 bits per heavy atom. The van der Waals surface area contributed by atoms with E-state index < -0.39 is 15.8 Å². The molecule has 0 saturated carbocycles. The lowest BCUT2D eigenvalue weighted by Crippen LogP contribution is -2.48. The van der Waals surface area contributed by atoms with Gasteiger partial charge in [0, 0.05) is 16.6 Å². The third-order valence-corrected chi connectivity index (χ3v) is 5.61. The first-order chi connectivity index (χ1) is 8.97. The number of anilines is 1. The number of halogens is 2. The molecule has 0 atom stereocenters. The molecule has 0 saturated heterocycles. The van der Waals surface area contributed by atoms with Crippen molar-refractivity contribution in [1.29, 1.82) is 0 Å². The van der Waals surface area contributed by atoms with E-state index in [2.05, 4.69) is 20.7 Å². The van der Waals surface area contributed by atoms with Gasteiger partial charge < -0.3 is 10.6 Å². The third-order valence-electron chi connectivity index (χ3n) is 3.25. The average Bonchev–Trinajstić information content (AvgIpc) is 2.31. The van der Waals surface area contributed by atoms with Crippen molar-refractivity contribution in [1.82, 2.24) is 9.62 Å². The minimum absolute atomic E-state index is 0.0778. The number of nitrogen functional groups attached to an aromatic ring is 1. The molecule has 0 aromatic heterocycles. The van der Waals surface area contributed by atoms with Crippen molar-refractivity contribution in [3.05, 3.63) is 22.4 Å². The van der Waals surface area contributed by atoms with Gasteiger partial charge in [-0.1, -0.05) is 0 Å². The van der Waals surface area contributed by atoms with Gasteiger partial charge in [0.05, 0.1) is 10.6 Å². The Morgan fingerprint density at radius 3 is 2.45 bits per heavy atom. The molecular weight excluding hydrogens is 349 g/mol. The van der Waals surface area contributed by atoms with Crippen LogP contribution in [0.1, 0.15) is 13.8 Å². The van der Waals surface area contributed by atoms with E-state index in [1.165, 1.54) is 0 Å². The van der Waals surface area contributed by atoms with Gasteiger partial charge in [-0.2, -0.15) is 0 Å². The van der Waals surface area contributed by atoms with Gasteiger partial charge in [-0.3, -0.25) is 0 Å². The largest absolute Gasteiger partial charge is 0.396 e. The fourth-order valence-electron chi connectivity index (χ4n) is 1.26. The zero-order chi connectivity index (χ0) is 15.7. The highest BCUT2D eigenvalue weighted by molar-refractivity contribution is 9.10. The molecule has 0 spiro atoms. The topological polar surface area (TPSA) is 75.4 Å². The van der Waals surface area contributed by atoms with Crippen LogP contribution in [0.5, 0.6) is 0 Å². The van der Waals surface area contributed by atoms with Crippen LogP contribution < -0.4 is 10.5 Å². The molecule has 0 aliphatic rings. The molecule has 0 radical (unpaired) electrons. The summed E-state index contributed by atoms with van der Waals surface area (Å²) in [6, 6.07) is 2.14. The molecule has 0 unspecified atom stereocenters. The molecule has 3 N–H and O–H groups in total. The Morgan fingerprint density at radius 2 is 1.95 bits per heavy atom. The van der Waals surface area contributed by atoms with Crippen molar-refractivity contribution in [3.8, 4) is 0 Å². The Balaban J connectivity index is 3.04. The van der Waals surface area contributed by atoms with E-state index in [-0.39, 0.29) is 27.1 Å². The SMILES string of the molecule is CN(C)C(C)(C)CNS(=O)(=O)c1cc(N)c(F)cc1Br. The van der Waals surface area contributed by atoms with E-state index in [0.717, 1.165) is 12.1 Å². The molecular formula is C12H19BrFN3O2S. The van der Waals surface area contributed by atoms with Gasteiger partial charge in [0.1, 0.15) is 5.82 Å². The van der Waals surface area contributed by atoms with Crippen molar-refractivity contribution in [2.75, 3.05) is 26.4 Å². The van der Waals surface area contributed by atoms with Crippen LogP contribution >= 0.6 is 15.9 Å². The minimum Gasteiger partial charge on any atom is -0.396 e. The summed E-state index contributed by atoms with van der Waals surface area (Å²) in [5.41, 5.74) is 4.86. The number of nitrogens with zero attached hydrogens (tertiary/aromatic N) is 1. The molecule has 8 heteroatoms. The summed E-state index contributed by atoms with van der Waals surface area (Å²) in [6.07, 6.45) is 0. The molecule has 0 aliphatic heterocycles. The number of nitrogens with one attached hydrogen (secondary N) is 1. The number of nitrogens with two attached hydrogens (primary N) is 1. The zero-order valence-corrected chi connectivity index (χ0v) is 14.3. The second kappa shape index (κ2) is 5.97. The summed E-state index contributed by atoms with van der Waals surface area (Å²) >= 11 is 3.04. The fourth-order valence-corrected chi connectivity index (χ4v) is 3.51.